The van der Waals surface area contributed by atoms with E-state index >= 15 is 0 Å². The minimum Gasteiger partial charge on any atom is -0.394 e. The maximum Gasteiger partial charge on any atom is 0.115 e. The van der Waals surface area contributed by atoms with E-state index in [-0.39, 0.29) is 18.8 Å². The normalized spacial score (nSPS) is 30.0. The molecule has 2 aliphatic rings. The highest BCUT2D eigenvalue weighted by Gasteiger charge is 2.47. The molecule has 0 aliphatic carbocycles. The van der Waals surface area contributed by atoms with E-state index < -0.39 is 24.4 Å². The van der Waals surface area contributed by atoms with Gasteiger partial charge in [0.15, 0.2) is 0 Å². The third-order valence-electron chi connectivity index (χ3n) is 5.74. The van der Waals surface area contributed by atoms with Crippen LogP contribution in [0.5, 0.6) is 0 Å². The zero-order valence-electron chi connectivity index (χ0n) is 17.8. The van der Waals surface area contributed by atoms with E-state index in [0.29, 0.717) is 26.2 Å². The Morgan fingerprint density at radius 3 is 2.47 bits per heavy atom. The van der Waals surface area contributed by atoms with Crippen LogP contribution in [0.4, 0.5) is 0 Å². The minimum absolute atomic E-state index is 0.279. The molecule has 2 aromatic rings. The first-order chi connectivity index (χ1) is 15.6. The van der Waals surface area contributed by atoms with Crippen LogP contribution in [0.2, 0.25) is 0 Å². The van der Waals surface area contributed by atoms with Gasteiger partial charge >= 0.3 is 0 Å². The van der Waals surface area contributed by atoms with Crippen LogP contribution in [0.15, 0.2) is 71.2 Å². The zero-order chi connectivity index (χ0) is 22.3. The van der Waals surface area contributed by atoms with Gasteiger partial charge in [0.05, 0.1) is 38.6 Å². The molecule has 6 atom stereocenters. The van der Waals surface area contributed by atoms with Crippen molar-refractivity contribution in [1.82, 2.24) is 0 Å². The molecule has 0 radical (unpaired) electrons. The molecule has 0 unspecified atom stereocenters. The predicted octanol–water partition coefficient (Wildman–Crippen LogP) is 3.39. The molecule has 2 aliphatic heterocycles. The predicted molar refractivity (Wildman–Crippen MR) is 123 cm³/mol. The Morgan fingerprint density at radius 1 is 0.969 bits per heavy atom. The number of hydrogen-bond acceptors (Lipinski definition) is 6. The number of aliphatic hydroxyl groups is 2. The quantitative estimate of drug-likeness (QED) is 0.536. The standard InChI is InChI=1S/C25H29BrO6/c26-19-11-9-18(10-12-19)14-29-16-20-7-4-8-21-24(31-20)25(23(28)22(13-27)32-21)30-15-17-5-2-1-3-6-17/h1-7,9-12,20-25,27-28H,8,13-16H2/t20-,21+,22-,23-,24+,25+/m1/s1. The molecule has 172 valence electrons. The third kappa shape index (κ3) is 6.05. The lowest BCUT2D eigenvalue weighted by Crippen LogP contribution is -2.60. The van der Waals surface area contributed by atoms with Gasteiger partial charge in [0.2, 0.25) is 0 Å². The summed E-state index contributed by atoms with van der Waals surface area (Å²) in [6.45, 7) is 0.917. The Bertz CT molecular complexity index is 858. The van der Waals surface area contributed by atoms with Gasteiger partial charge < -0.3 is 29.2 Å². The van der Waals surface area contributed by atoms with Crippen molar-refractivity contribution in [3.8, 4) is 0 Å². The average Bonchev–Trinajstić information content (AvgIpc) is 3.02. The lowest BCUT2D eigenvalue weighted by molar-refractivity contribution is -0.260. The Hall–Kier alpha value is -1.58. The van der Waals surface area contributed by atoms with Gasteiger partial charge in [0.1, 0.15) is 24.4 Å². The first-order valence-electron chi connectivity index (χ1n) is 10.9. The molecule has 2 N–H and O–H groups in total. The number of halogens is 1. The fourth-order valence-corrected chi connectivity index (χ4v) is 4.31. The molecule has 4 rings (SSSR count). The van der Waals surface area contributed by atoms with Crippen LogP contribution in [0.3, 0.4) is 0 Å². The second-order valence-electron chi connectivity index (χ2n) is 8.09. The van der Waals surface area contributed by atoms with Crippen molar-refractivity contribution in [1.29, 1.82) is 0 Å². The molecule has 0 amide bonds. The molecule has 0 bridgehead atoms. The minimum atomic E-state index is -0.993. The van der Waals surface area contributed by atoms with E-state index in [0.717, 1.165) is 15.6 Å². The van der Waals surface area contributed by atoms with Crippen molar-refractivity contribution in [2.24, 2.45) is 0 Å². The SMILES string of the molecule is OC[C@H]1O[C@H]2CC=C[C@H](COCc3ccc(Br)cc3)O[C@@H]2[C@@H](OCc2ccccc2)[C@@H]1O. The highest BCUT2D eigenvalue weighted by atomic mass is 79.9. The molecule has 1 saturated heterocycles. The van der Waals surface area contributed by atoms with Gasteiger partial charge in [-0.3, -0.25) is 0 Å². The maximum absolute atomic E-state index is 10.8. The molecule has 0 saturated carbocycles. The summed E-state index contributed by atoms with van der Waals surface area (Å²) in [4.78, 5) is 0. The van der Waals surface area contributed by atoms with Crippen molar-refractivity contribution < 1.29 is 29.2 Å². The third-order valence-corrected chi connectivity index (χ3v) is 6.27. The number of hydrogen-bond donors (Lipinski definition) is 2. The largest absolute Gasteiger partial charge is 0.394 e. The zero-order valence-corrected chi connectivity index (χ0v) is 19.3. The Balaban J connectivity index is 1.40. The number of ether oxygens (including phenoxy) is 4. The lowest BCUT2D eigenvalue weighted by Gasteiger charge is -2.44. The van der Waals surface area contributed by atoms with Gasteiger partial charge in [-0.05, 0) is 29.7 Å². The van der Waals surface area contributed by atoms with Gasteiger partial charge in [-0.25, -0.2) is 0 Å². The topological polar surface area (TPSA) is 77.4 Å². The summed E-state index contributed by atoms with van der Waals surface area (Å²) in [5.41, 5.74) is 2.08. The molecule has 0 spiro atoms. The van der Waals surface area contributed by atoms with E-state index in [2.05, 4.69) is 15.9 Å². The number of fused-ring (bicyclic) bond motifs is 1. The summed E-state index contributed by atoms with van der Waals surface area (Å²) in [5, 5.41) is 20.5. The van der Waals surface area contributed by atoms with E-state index in [4.69, 9.17) is 18.9 Å². The first-order valence-corrected chi connectivity index (χ1v) is 11.7. The van der Waals surface area contributed by atoms with E-state index in [9.17, 15) is 10.2 Å². The molecule has 32 heavy (non-hydrogen) atoms. The molecule has 1 fully saturated rings. The van der Waals surface area contributed by atoms with Gasteiger partial charge in [-0.15, -0.1) is 0 Å². The summed E-state index contributed by atoms with van der Waals surface area (Å²) in [6, 6.07) is 17.8. The summed E-state index contributed by atoms with van der Waals surface area (Å²) in [5.74, 6) is 0. The molecular formula is C25H29BrO6. The van der Waals surface area contributed by atoms with Crippen LogP contribution < -0.4 is 0 Å². The highest BCUT2D eigenvalue weighted by molar-refractivity contribution is 9.10. The molecule has 0 aromatic heterocycles. The Kier molecular flexibility index (Phi) is 8.49. The van der Waals surface area contributed by atoms with Gasteiger partial charge in [-0.1, -0.05) is 70.5 Å². The summed E-state index contributed by atoms with van der Waals surface area (Å²) in [7, 11) is 0. The highest BCUT2D eigenvalue weighted by Crippen LogP contribution is 2.31. The fourth-order valence-electron chi connectivity index (χ4n) is 4.05. The molecule has 7 heteroatoms. The number of benzene rings is 2. The average molecular weight is 505 g/mol. The van der Waals surface area contributed by atoms with E-state index in [1.165, 1.54) is 0 Å². The molecule has 2 aromatic carbocycles. The van der Waals surface area contributed by atoms with Crippen molar-refractivity contribution in [2.75, 3.05) is 13.2 Å². The van der Waals surface area contributed by atoms with Crippen LogP contribution in [-0.2, 0) is 32.2 Å². The number of rotatable bonds is 8. The molecule has 2 heterocycles. The van der Waals surface area contributed by atoms with E-state index in [1.807, 2.05) is 66.7 Å². The second kappa shape index (κ2) is 11.5. The van der Waals surface area contributed by atoms with Crippen LogP contribution in [0.25, 0.3) is 0 Å². The van der Waals surface area contributed by atoms with Crippen molar-refractivity contribution >= 4 is 15.9 Å². The maximum atomic E-state index is 10.8. The van der Waals surface area contributed by atoms with Crippen LogP contribution >= 0.6 is 15.9 Å². The summed E-state index contributed by atoms with van der Waals surface area (Å²) >= 11 is 3.43. The Labute approximate surface area is 196 Å². The number of aliphatic hydroxyl groups excluding tert-OH is 2. The van der Waals surface area contributed by atoms with Crippen LogP contribution in [0, 0.1) is 0 Å². The summed E-state index contributed by atoms with van der Waals surface area (Å²) in [6.07, 6.45) is 1.19. The molecule has 6 nitrogen and oxygen atoms in total. The van der Waals surface area contributed by atoms with Gasteiger partial charge in [0.25, 0.3) is 0 Å². The monoisotopic (exact) mass is 504 g/mol. The first kappa shape index (κ1) is 23.6. The van der Waals surface area contributed by atoms with Gasteiger partial charge in [-0.2, -0.15) is 0 Å². The van der Waals surface area contributed by atoms with Crippen LogP contribution in [0.1, 0.15) is 17.5 Å². The van der Waals surface area contributed by atoms with Crippen molar-refractivity contribution in [3.63, 3.8) is 0 Å². The van der Waals surface area contributed by atoms with E-state index in [1.54, 1.807) is 0 Å². The van der Waals surface area contributed by atoms with Gasteiger partial charge in [0, 0.05) is 4.47 Å². The fraction of sp³-hybridized carbons (Fsp3) is 0.440. The summed E-state index contributed by atoms with van der Waals surface area (Å²) < 4.78 is 25.3. The lowest BCUT2D eigenvalue weighted by atomic mass is 9.93. The van der Waals surface area contributed by atoms with Crippen molar-refractivity contribution in [2.45, 2.75) is 56.3 Å². The smallest absolute Gasteiger partial charge is 0.115 e. The van der Waals surface area contributed by atoms with Crippen molar-refractivity contribution in [3.05, 3.63) is 82.3 Å². The molecular weight excluding hydrogens is 476 g/mol. The second-order valence-corrected chi connectivity index (χ2v) is 9.01. The van der Waals surface area contributed by atoms with Crippen LogP contribution in [-0.4, -0.2) is 60.1 Å². The Morgan fingerprint density at radius 2 is 1.72 bits per heavy atom.